The average Bonchev–Trinajstić information content (AvgIpc) is 2.51. The molecule has 0 N–H and O–H groups in total. The van der Waals surface area contributed by atoms with Gasteiger partial charge in [0.2, 0.25) is 0 Å². The molecule has 1 fully saturated rings. The van der Waals surface area contributed by atoms with Crippen molar-refractivity contribution in [2.24, 2.45) is 0 Å². The van der Waals surface area contributed by atoms with E-state index < -0.39 is 22.9 Å². The summed E-state index contributed by atoms with van der Waals surface area (Å²) in [6.07, 6.45) is -3.58. The lowest BCUT2D eigenvalue weighted by atomic mass is 9.93. The molecule has 0 unspecified atom stereocenters. The summed E-state index contributed by atoms with van der Waals surface area (Å²) in [4.78, 5) is 13.8. The van der Waals surface area contributed by atoms with Gasteiger partial charge in [-0.05, 0) is 64.3 Å². The van der Waals surface area contributed by atoms with E-state index in [0.29, 0.717) is 36.0 Å². The number of carbonyl (C=O) groups is 1. The molecule has 1 amide bonds. The number of rotatable bonds is 3. The first-order valence-electron chi connectivity index (χ1n) is 8.76. The Hall–Kier alpha value is -1.32. The molecular formula is C19H25BrF3N2O3. The Bertz CT molecular complexity index is 682. The predicted molar refractivity (Wildman–Crippen MR) is 102 cm³/mol. The Balaban J connectivity index is 0.00000392. The Morgan fingerprint density at radius 2 is 1.75 bits per heavy atom. The molecule has 2 rings (SSSR count). The van der Waals surface area contributed by atoms with Gasteiger partial charge in [-0.25, -0.2) is 4.79 Å². The van der Waals surface area contributed by atoms with Crippen LogP contribution in [-0.4, -0.2) is 35.3 Å². The van der Waals surface area contributed by atoms with Crippen molar-refractivity contribution < 1.29 is 27.4 Å². The number of amides is 1. The zero-order valence-corrected chi connectivity index (χ0v) is 18.0. The number of ether oxygens (including phenoxy) is 2. The van der Waals surface area contributed by atoms with Gasteiger partial charge >= 0.3 is 12.3 Å². The number of piperidine rings is 1. The molecule has 0 spiro atoms. The van der Waals surface area contributed by atoms with Crippen LogP contribution in [0.1, 0.15) is 51.7 Å². The molecule has 1 saturated heterocycles. The third kappa shape index (κ3) is 7.25. The monoisotopic (exact) mass is 465 g/mol. The number of hydrogen-bond acceptors (Lipinski definition) is 3. The van der Waals surface area contributed by atoms with Crippen LogP contribution in [0.15, 0.2) is 22.7 Å². The second kappa shape index (κ2) is 9.00. The highest BCUT2D eigenvalue weighted by Gasteiger charge is 2.35. The van der Waals surface area contributed by atoms with Crippen LogP contribution in [0.2, 0.25) is 0 Å². The van der Waals surface area contributed by atoms with Gasteiger partial charge in [-0.3, -0.25) is 0 Å². The molecule has 1 aliphatic rings. The van der Waals surface area contributed by atoms with Gasteiger partial charge < -0.3 is 14.4 Å². The SMILES string of the molecule is CC(C)(C)OC(=O)N1CCC(C)(OCc2cc(Br)cc(C(F)(F)F)c2)CC1.[N]. The van der Waals surface area contributed by atoms with Crippen molar-refractivity contribution in [1.29, 1.82) is 0 Å². The fourth-order valence-corrected chi connectivity index (χ4v) is 3.33. The Kier molecular flexibility index (Phi) is 7.95. The van der Waals surface area contributed by atoms with Gasteiger partial charge in [0.05, 0.1) is 17.8 Å². The minimum atomic E-state index is -4.40. The van der Waals surface area contributed by atoms with E-state index >= 15 is 0 Å². The minimum absolute atomic E-state index is 0. The summed E-state index contributed by atoms with van der Waals surface area (Å²) in [5.74, 6) is 0. The maximum Gasteiger partial charge on any atom is 0.416 e. The topological polar surface area (TPSA) is 69.3 Å². The summed E-state index contributed by atoms with van der Waals surface area (Å²) >= 11 is 3.12. The van der Waals surface area contributed by atoms with Crippen molar-refractivity contribution in [2.75, 3.05) is 13.1 Å². The van der Waals surface area contributed by atoms with Gasteiger partial charge in [-0.15, -0.1) is 0 Å². The minimum Gasteiger partial charge on any atom is -0.444 e. The molecule has 1 heterocycles. The van der Waals surface area contributed by atoms with E-state index in [9.17, 15) is 18.0 Å². The second-order valence-corrected chi connectivity index (χ2v) is 8.97. The van der Waals surface area contributed by atoms with E-state index in [4.69, 9.17) is 9.47 Å². The number of likely N-dealkylation sites (tertiary alicyclic amines) is 1. The van der Waals surface area contributed by atoms with Gasteiger partial charge in [-0.2, -0.15) is 13.2 Å². The summed E-state index contributed by atoms with van der Waals surface area (Å²) in [7, 11) is 0. The zero-order chi connectivity index (χ0) is 20.5. The van der Waals surface area contributed by atoms with Crippen LogP contribution in [0.5, 0.6) is 0 Å². The van der Waals surface area contributed by atoms with Crippen LogP contribution in [0, 0.1) is 0 Å². The maximum atomic E-state index is 12.9. The van der Waals surface area contributed by atoms with Gasteiger partial charge in [-0.1, -0.05) is 15.9 Å². The molecule has 0 atom stereocenters. The van der Waals surface area contributed by atoms with Gasteiger partial charge in [0.25, 0.3) is 0 Å². The van der Waals surface area contributed by atoms with E-state index in [0.717, 1.165) is 12.1 Å². The fraction of sp³-hybridized carbons (Fsp3) is 0.632. The van der Waals surface area contributed by atoms with Gasteiger partial charge in [0, 0.05) is 23.7 Å². The van der Waals surface area contributed by atoms with Crippen molar-refractivity contribution >= 4 is 22.0 Å². The lowest BCUT2D eigenvalue weighted by Gasteiger charge is -2.39. The summed E-state index contributed by atoms with van der Waals surface area (Å²) in [5.41, 5.74) is -1.31. The second-order valence-electron chi connectivity index (χ2n) is 8.05. The van der Waals surface area contributed by atoms with Crippen LogP contribution >= 0.6 is 15.9 Å². The molecule has 1 aromatic rings. The van der Waals surface area contributed by atoms with E-state index in [1.165, 1.54) is 0 Å². The van der Waals surface area contributed by atoms with Gasteiger partial charge in [0.1, 0.15) is 5.60 Å². The Labute approximate surface area is 172 Å². The van der Waals surface area contributed by atoms with Crippen LogP contribution < -0.4 is 6.15 Å². The largest absolute Gasteiger partial charge is 0.444 e. The summed E-state index contributed by atoms with van der Waals surface area (Å²) in [6.45, 7) is 8.41. The molecule has 9 heteroatoms. The number of nitrogens with zero attached hydrogens (tertiary/aromatic N) is 2. The van der Waals surface area contributed by atoms with Crippen molar-refractivity contribution in [3.05, 3.63) is 33.8 Å². The van der Waals surface area contributed by atoms with Crippen LogP contribution in [0.4, 0.5) is 18.0 Å². The van der Waals surface area contributed by atoms with Crippen molar-refractivity contribution in [2.45, 2.75) is 64.5 Å². The number of halogens is 4. The van der Waals surface area contributed by atoms with E-state index in [-0.39, 0.29) is 18.9 Å². The Morgan fingerprint density at radius 1 is 1.18 bits per heavy atom. The molecule has 0 bridgehead atoms. The Morgan fingerprint density at radius 3 is 2.25 bits per heavy atom. The maximum absolute atomic E-state index is 12.9. The summed E-state index contributed by atoms with van der Waals surface area (Å²) < 4.78 is 50.5. The standard InChI is InChI=1S/C19H25BrF3NO3.N/c1-17(2,3)27-16(25)24-7-5-18(4,6-8-24)26-12-13-9-14(19(21,22)23)11-15(20)10-13;/h9-11H,5-8,12H2,1-4H3;. The smallest absolute Gasteiger partial charge is 0.416 e. The lowest BCUT2D eigenvalue weighted by Crippen LogP contribution is -2.47. The first-order valence-corrected chi connectivity index (χ1v) is 9.55. The summed E-state index contributed by atoms with van der Waals surface area (Å²) in [5, 5.41) is 0. The van der Waals surface area contributed by atoms with E-state index in [2.05, 4.69) is 15.9 Å². The normalized spacial score (nSPS) is 17.1. The highest BCUT2D eigenvalue weighted by atomic mass is 79.9. The molecule has 1 aromatic carbocycles. The molecule has 0 saturated carbocycles. The van der Waals surface area contributed by atoms with E-state index in [1.54, 1.807) is 11.0 Å². The molecule has 157 valence electrons. The molecule has 1 aliphatic heterocycles. The molecular weight excluding hydrogens is 441 g/mol. The molecule has 5 nitrogen and oxygen atoms in total. The number of benzene rings is 1. The van der Waals surface area contributed by atoms with Crippen LogP contribution in [0.3, 0.4) is 0 Å². The van der Waals surface area contributed by atoms with E-state index in [1.807, 2.05) is 27.7 Å². The quantitative estimate of drug-likeness (QED) is 0.608. The third-order valence-electron chi connectivity index (χ3n) is 4.35. The highest BCUT2D eigenvalue weighted by molar-refractivity contribution is 9.10. The molecule has 3 radical (unpaired) electrons. The first kappa shape index (κ1) is 24.7. The fourth-order valence-electron chi connectivity index (χ4n) is 2.79. The van der Waals surface area contributed by atoms with Gasteiger partial charge in [0.15, 0.2) is 0 Å². The predicted octanol–water partition coefficient (Wildman–Crippen LogP) is 5.29. The first-order chi connectivity index (χ1) is 12.3. The van der Waals surface area contributed by atoms with Crippen molar-refractivity contribution in [3.63, 3.8) is 0 Å². The number of carbonyl (C=O) groups excluding carboxylic acids is 1. The number of alkyl halides is 3. The molecule has 28 heavy (non-hydrogen) atoms. The molecule has 0 aliphatic carbocycles. The zero-order valence-electron chi connectivity index (χ0n) is 16.4. The molecule has 0 aromatic heterocycles. The average molecular weight is 466 g/mol. The number of hydrogen-bond donors (Lipinski definition) is 0. The van der Waals surface area contributed by atoms with Crippen LogP contribution in [-0.2, 0) is 22.3 Å². The van der Waals surface area contributed by atoms with Crippen molar-refractivity contribution in [1.82, 2.24) is 11.1 Å². The lowest BCUT2D eigenvalue weighted by molar-refractivity contribution is -0.137. The van der Waals surface area contributed by atoms with Crippen LogP contribution in [0.25, 0.3) is 0 Å². The highest BCUT2D eigenvalue weighted by Crippen LogP contribution is 2.33. The van der Waals surface area contributed by atoms with Crippen molar-refractivity contribution in [3.8, 4) is 0 Å². The summed E-state index contributed by atoms with van der Waals surface area (Å²) in [6, 6.07) is 3.77. The third-order valence-corrected chi connectivity index (χ3v) is 4.80.